The number of furan rings is 1. The van der Waals surface area contributed by atoms with Gasteiger partial charge in [0.05, 0.1) is 0 Å². The van der Waals surface area contributed by atoms with Gasteiger partial charge in [0.2, 0.25) is 0 Å². The molecule has 2 atom stereocenters. The molecule has 0 aliphatic carbocycles. The molecule has 0 radical (unpaired) electrons. The summed E-state index contributed by atoms with van der Waals surface area (Å²) in [4.78, 5) is 14.1. The molecule has 2 aliphatic rings. The first-order chi connectivity index (χ1) is 8.24. The fourth-order valence-electron chi connectivity index (χ4n) is 2.80. The lowest BCUT2D eigenvalue weighted by Crippen LogP contribution is -2.41. The van der Waals surface area contributed by atoms with Crippen molar-refractivity contribution in [2.24, 2.45) is 5.92 Å². The topological polar surface area (TPSA) is 45.5 Å². The van der Waals surface area contributed by atoms with E-state index in [9.17, 15) is 4.79 Å². The number of hydrogen-bond acceptors (Lipinski definition) is 3. The first-order valence-corrected chi connectivity index (χ1v) is 6.81. The summed E-state index contributed by atoms with van der Waals surface area (Å²) in [5, 5.41) is 3.49. The number of piperidine rings is 1. The van der Waals surface area contributed by atoms with Crippen LogP contribution in [0.2, 0.25) is 0 Å². The van der Waals surface area contributed by atoms with Crippen LogP contribution in [0, 0.1) is 5.92 Å². The van der Waals surface area contributed by atoms with E-state index in [1.165, 1.54) is 12.8 Å². The Morgan fingerprint density at radius 2 is 2.35 bits per heavy atom. The highest BCUT2D eigenvalue weighted by atomic mass is 79.9. The number of likely N-dealkylation sites (tertiary alicyclic amines) is 1. The summed E-state index contributed by atoms with van der Waals surface area (Å²) >= 11 is 3.22. The lowest BCUT2D eigenvalue weighted by atomic mass is 9.94. The normalized spacial score (nSPS) is 28.2. The molecule has 2 saturated heterocycles. The van der Waals surface area contributed by atoms with Gasteiger partial charge in [0.1, 0.15) is 0 Å². The number of nitrogens with zero attached hydrogens (tertiary/aromatic N) is 1. The van der Waals surface area contributed by atoms with E-state index >= 15 is 0 Å². The maximum Gasteiger partial charge on any atom is 0.289 e. The van der Waals surface area contributed by atoms with Gasteiger partial charge in [0.25, 0.3) is 5.91 Å². The molecule has 2 fully saturated rings. The van der Waals surface area contributed by atoms with Crippen molar-refractivity contribution in [3.8, 4) is 0 Å². The SMILES string of the molecule is O=C(c1ccc(Br)o1)N1C[C@@H]2CCCN[C@@H]2C1. The minimum absolute atomic E-state index is 0.00639. The van der Waals surface area contributed by atoms with Crippen molar-refractivity contribution in [1.29, 1.82) is 0 Å². The molecule has 0 saturated carbocycles. The van der Waals surface area contributed by atoms with Crippen molar-refractivity contribution in [2.75, 3.05) is 19.6 Å². The van der Waals surface area contributed by atoms with Gasteiger partial charge in [-0.1, -0.05) is 0 Å². The number of fused-ring (bicyclic) bond motifs is 1. The molecular formula is C12H15BrN2O2. The summed E-state index contributed by atoms with van der Waals surface area (Å²) in [6.07, 6.45) is 2.44. The zero-order chi connectivity index (χ0) is 11.8. The quantitative estimate of drug-likeness (QED) is 0.861. The van der Waals surface area contributed by atoms with Crippen molar-refractivity contribution in [3.63, 3.8) is 0 Å². The summed E-state index contributed by atoms with van der Waals surface area (Å²) in [7, 11) is 0. The molecule has 1 amide bonds. The first kappa shape index (κ1) is 11.3. The highest BCUT2D eigenvalue weighted by molar-refractivity contribution is 9.10. The Hall–Kier alpha value is -0.810. The van der Waals surface area contributed by atoms with E-state index in [0.717, 1.165) is 19.6 Å². The van der Waals surface area contributed by atoms with Crippen molar-refractivity contribution in [1.82, 2.24) is 10.2 Å². The zero-order valence-electron chi connectivity index (χ0n) is 9.49. The van der Waals surface area contributed by atoms with Gasteiger partial charge in [0.15, 0.2) is 10.4 Å². The largest absolute Gasteiger partial charge is 0.444 e. The Bertz CT molecular complexity index is 418. The maximum absolute atomic E-state index is 12.2. The lowest BCUT2D eigenvalue weighted by Gasteiger charge is -2.24. The second-order valence-electron chi connectivity index (χ2n) is 4.78. The molecule has 0 bridgehead atoms. The second-order valence-corrected chi connectivity index (χ2v) is 5.56. The summed E-state index contributed by atoms with van der Waals surface area (Å²) < 4.78 is 5.92. The van der Waals surface area contributed by atoms with Crippen LogP contribution in [-0.4, -0.2) is 36.5 Å². The molecule has 3 rings (SSSR count). The molecule has 92 valence electrons. The third-order valence-electron chi connectivity index (χ3n) is 3.67. The summed E-state index contributed by atoms with van der Waals surface area (Å²) in [5.41, 5.74) is 0. The van der Waals surface area contributed by atoms with Gasteiger partial charge in [-0.15, -0.1) is 0 Å². The van der Waals surface area contributed by atoms with Gasteiger partial charge in [-0.25, -0.2) is 0 Å². The number of halogens is 1. The number of hydrogen-bond donors (Lipinski definition) is 1. The van der Waals surface area contributed by atoms with Crippen LogP contribution in [0.4, 0.5) is 0 Å². The molecule has 5 heteroatoms. The van der Waals surface area contributed by atoms with Crippen LogP contribution in [0.15, 0.2) is 21.2 Å². The molecule has 0 unspecified atom stereocenters. The summed E-state index contributed by atoms with van der Waals surface area (Å²) in [6, 6.07) is 3.96. The van der Waals surface area contributed by atoms with Crippen LogP contribution < -0.4 is 5.32 Å². The third-order valence-corrected chi connectivity index (χ3v) is 4.10. The Morgan fingerprint density at radius 3 is 3.06 bits per heavy atom. The Kier molecular flexibility index (Phi) is 2.96. The third kappa shape index (κ3) is 2.13. The standard InChI is InChI=1S/C12H15BrN2O2/c13-11-4-3-10(17-11)12(16)15-6-8-2-1-5-14-9(8)7-15/h3-4,8-9,14H,1-2,5-7H2/t8-,9+/m0/s1. The van der Waals surface area contributed by atoms with Gasteiger partial charge in [-0.05, 0) is 53.4 Å². The lowest BCUT2D eigenvalue weighted by molar-refractivity contribution is 0.0752. The molecule has 1 N–H and O–H groups in total. The van der Waals surface area contributed by atoms with Crippen molar-refractivity contribution >= 4 is 21.8 Å². The number of nitrogens with one attached hydrogen (secondary N) is 1. The molecule has 3 heterocycles. The molecule has 17 heavy (non-hydrogen) atoms. The predicted octanol–water partition coefficient (Wildman–Crippen LogP) is 1.87. The number of amides is 1. The fourth-order valence-corrected chi connectivity index (χ4v) is 3.10. The highest BCUT2D eigenvalue weighted by Crippen LogP contribution is 2.26. The molecule has 0 aromatic carbocycles. The van der Waals surface area contributed by atoms with Gasteiger partial charge >= 0.3 is 0 Å². The van der Waals surface area contributed by atoms with Crippen LogP contribution in [0.5, 0.6) is 0 Å². The number of carbonyl (C=O) groups excluding carboxylic acids is 1. The molecule has 0 spiro atoms. The van der Waals surface area contributed by atoms with Gasteiger partial charge in [-0.2, -0.15) is 0 Å². The van der Waals surface area contributed by atoms with Crippen LogP contribution in [0.1, 0.15) is 23.4 Å². The average molecular weight is 299 g/mol. The van der Waals surface area contributed by atoms with Crippen LogP contribution in [-0.2, 0) is 0 Å². The van der Waals surface area contributed by atoms with E-state index in [-0.39, 0.29) is 5.91 Å². The Labute approximate surface area is 108 Å². The Balaban J connectivity index is 1.71. The second kappa shape index (κ2) is 4.46. The predicted molar refractivity (Wildman–Crippen MR) is 66.8 cm³/mol. The van der Waals surface area contributed by atoms with Crippen LogP contribution in [0.25, 0.3) is 0 Å². The van der Waals surface area contributed by atoms with Crippen molar-refractivity contribution in [2.45, 2.75) is 18.9 Å². The number of rotatable bonds is 1. The first-order valence-electron chi connectivity index (χ1n) is 6.02. The molecular weight excluding hydrogens is 284 g/mol. The smallest absolute Gasteiger partial charge is 0.289 e. The van der Waals surface area contributed by atoms with E-state index < -0.39 is 0 Å². The molecule has 1 aromatic rings. The Morgan fingerprint density at radius 1 is 1.47 bits per heavy atom. The van der Waals surface area contributed by atoms with Gasteiger partial charge < -0.3 is 14.6 Å². The summed E-state index contributed by atoms with van der Waals surface area (Å²) in [5.74, 6) is 1.05. The monoisotopic (exact) mass is 298 g/mol. The van der Waals surface area contributed by atoms with E-state index in [2.05, 4.69) is 21.2 Å². The van der Waals surface area contributed by atoms with Crippen LogP contribution >= 0.6 is 15.9 Å². The van der Waals surface area contributed by atoms with Gasteiger partial charge in [-0.3, -0.25) is 4.79 Å². The van der Waals surface area contributed by atoms with E-state index in [4.69, 9.17) is 4.42 Å². The van der Waals surface area contributed by atoms with Crippen molar-refractivity contribution in [3.05, 3.63) is 22.6 Å². The van der Waals surface area contributed by atoms with Crippen LogP contribution in [0.3, 0.4) is 0 Å². The minimum atomic E-state index is 0.00639. The van der Waals surface area contributed by atoms with E-state index in [0.29, 0.717) is 22.4 Å². The average Bonchev–Trinajstić information content (AvgIpc) is 2.93. The fraction of sp³-hybridized carbons (Fsp3) is 0.583. The minimum Gasteiger partial charge on any atom is -0.444 e. The molecule has 1 aromatic heterocycles. The van der Waals surface area contributed by atoms with E-state index in [1.54, 1.807) is 12.1 Å². The zero-order valence-corrected chi connectivity index (χ0v) is 11.1. The highest BCUT2D eigenvalue weighted by Gasteiger charge is 2.37. The molecule has 2 aliphatic heterocycles. The maximum atomic E-state index is 12.2. The number of carbonyl (C=O) groups is 1. The van der Waals surface area contributed by atoms with Gasteiger partial charge in [0, 0.05) is 19.1 Å². The van der Waals surface area contributed by atoms with E-state index in [1.807, 2.05) is 4.90 Å². The van der Waals surface area contributed by atoms with Crippen molar-refractivity contribution < 1.29 is 9.21 Å². The molecule has 4 nitrogen and oxygen atoms in total. The summed E-state index contributed by atoms with van der Waals surface area (Å²) in [6.45, 7) is 2.74.